The lowest BCUT2D eigenvalue weighted by Gasteiger charge is -2.05. The molecule has 1 rings (SSSR count). The summed E-state index contributed by atoms with van der Waals surface area (Å²) >= 11 is 0. The van der Waals surface area contributed by atoms with Crippen molar-refractivity contribution < 1.29 is 12.7 Å². The van der Waals surface area contributed by atoms with Gasteiger partial charge in [-0.25, -0.2) is 13.5 Å². The molecule has 5 nitrogen and oxygen atoms in total. The molecule has 9 heavy (non-hydrogen) atoms. The van der Waals surface area contributed by atoms with Crippen molar-refractivity contribution in [1.29, 1.82) is 0 Å². The zero-order valence-corrected chi connectivity index (χ0v) is 5.45. The second-order valence-electron chi connectivity index (χ2n) is 1.47. The molecule has 0 spiro atoms. The molecule has 0 aromatic carbocycles. The minimum atomic E-state index is -2.78. The summed E-state index contributed by atoms with van der Waals surface area (Å²) in [4.78, 5) is 3.73. The predicted octanol–water partition coefficient (Wildman–Crippen LogP) is -1.21. The van der Waals surface area contributed by atoms with Crippen molar-refractivity contribution in [2.24, 2.45) is 4.99 Å². The van der Waals surface area contributed by atoms with Crippen LogP contribution < -0.4 is 0 Å². The SMILES string of the molecule is O=[SH](=O)ON1C=NCC1. The molecular weight excluding hydrogens is 144 g/mol. The minimum absolute atomic E-state index is 0.517. The van der Waals surface area contributed by atoms with Crippen molar-refractivity contribution in [3.63, 3.8) is 0 Å². The van der Waals surface area contributed by atoms with Crippen LogP contribution in [0, 0.1) is 0 Å². The van der Waals surface area contributed by atoms with Gasteiger partial charge in [0.1, 0.15) is 6.34 Å². The lowest BCUT2D eigenvalue weighted by atomic mass is 10.7. The monoisotopic (exact) mass is 150 g/mol. The van der Waals surface area contributed by atoms with Crippen molar-refractivity contribution in [2.75, 3.05) is 13.1 Å². The van der Waals surface area contributed by atoms with Gasteiger partial charge in [0.05, 0.1) is 13.1 Å². The van der Waals surface area contributed by atoms with E-state index >= 15 is 0 Å². The number of rotatable bonds is 2. The Labute approximate surface area is 54.1 Å². The van der Waals surface area contributed by atoms with Crippen LogP contribution in [0.15, 0.2) is 4.99 Å². The minimum Gasteiger partial charge on any atom is -0.271 e. The van der Waals surface area contributed by atoms with E-state index in [0.717, 1.165) is 0 Å². The van der Waals surface area contributed by atoms with E-state index in [-0.39, 0.29) is 0 Å². The normalized spacial score (nSPS) is 17.7. The molecule has 6 heteroatoms. The average molecular weight is 150 g/mol. The summed E-state index contributed by atoms with van der Waals surface area (Å²) in [5.74, 6) is 0. The van der Waals surface area contributed by atoms with Gasteiger partial charge in [-0.1, -0.05) is 0 Å². The van der Waals surface area contributed by atoms with Crippen molar-refractivity contribution in [1.82, 2.24) is 5.06 Å². The molecule has 0 aromatic rings. The summed E-state index contributed by atoms with van der Waals surface area (Å²) in [6.45, 7) is 1.12. The number of hydrogen-bond acceptors (Lipinski definition) is 5. The van der Waals surface area contributed by atoms with Gasteiger partial charge in [0, 0.05) is 0 Å². The van der Waals surface area contributed by atoms with Crippen LogP contribution in [0.2, 0.25) is 0 Å². The molecule has 52 valence electrons. The first kappa shape index (κ1) is 6.50. The molecule has 1 aliphatic rings. The summed E-state index contributed by atoms with van der Waals surface area (Å²) in [6.07, 6.45) is 1.35. The summed E-state index contributed by atoms with van der Waals surface area (Å²) < 4.78 is 24.0. The quantitative estimate of drug-likeness (QED) is 0.502. The van der Waals surface area contributed by atoms with Crippen molar-refractivity contribution in [3.05, 3.63) is 0 Å². The van der Waals surface area contributed by atoms with Crippen LogP contribution in [-0.4, -0.2) is 32.9 Å². The van der Waals surface area contributed by atoms with Gasteiger partial charge in [-0.2, -0.15) is 0 Å². The molecule has 0 aromatic heterocycles. The maximum Gasteiger partial charge on any atom is 0.278 e. The molecule has 0 aliphatic carbocycles. The van der Waals surface area contributed by atoms with Gasteiger partial charge in [0.15, 0.2) is 0 Å². The second-order valence-corrected chi connectivity index (χ2v) is 2.08. The summed E-state index contributed by atoms with van der Waals surface area (Å²) in [7, 11) is -2.78. The number of hydroxylamine groups is 2. The van der Waals surface area contributed by atoms with E-state index in [4.69, 9.17) is 0 Å². The zero-order chi connectivity index (χ0) is 6.69. The van der Waals surface area contributed by atoms with E-state index in [9.17, 15) is 8.42 Å². The number of thiol groups is 1. The standard InChI is InChI=1S/C3H6N2O3S/c6-9(7)8-5-2-1-4-3-5/h3,9H,1-2H2. The van der Waals surface area contributed by atoms with Crippen molar-refractivity contribution >= 4 is 17.3 Å². The van der Waals surface area contributed by atoms with Crippen molar-refractivity contribution in [2.45, 2.75) is 0 Å². The van der Waals surface area contributed by atoms with Crippen LogP contribution in [0.25, 0.3) is 0 Å². The van der Waals surface area contributed by atoms with Gasteiger partial charge >= 0.3 is 0 Å². The van der Waals surface area contributed by atoms with E-state index in [0.29, 0.717) is 13.1 Å². The zero-order valence-electron chi connectivity index (χ0n) is 4.56. The molecule has 0 bridgehead atoms. The molecule has 0 saturated carbocycles. The van der Waals surface area contributed by atoms with Gasteiger partial charge in [-0.15, -0.1) is 4.28 Å². The van der Waals surface area contributed by atoms with E-state index in [2.05, 4.69) is 9.28 Å². The Morgan fingerprint density at radius 1 is 1.67 bits per heavy atom. The molecule has 0 N–H and O–H groups in total. The lowest BCUT2D eigenvalue weighted by Crippen LogP contribution is -2.18. The van der Waals surface area contributed by atoms with Gasteiger partial charge in [0.25, 0.3) is 11.0 Å². The molecule has 0 unspecified atom stereocenters. The maximum atomic E-state index is 9.87. The third-order valence-electron chi connectivity index (χ3n) is 0.831. The van der Waals surface area contributed by atoms with Crippen LogP contribution in [-0.2, 0) is 15.3 Å². The first-order valence-electron chi connectivity index (χ1n) is 2.38. The van der Waals surface area contributed by atoms with Crippen LogP contribution in [0.5, 0.6) is 0 Å². The van der Waals surface area contributed by atoms with E-state index in [1.165, 1.54) is 11.4 Å². The highest BCUT2D eigenvalue weighted by molar-refractivity contribution is 7.67. The van der Waals surface area contributed by atoms with Gasteiger partial charge in [-0.05, 0) is 0 Å². The second kappa shape index (κ2) is 2.79. The van der Waals surface area contributed by atoms with E-state index < -0.39 is 11.0 Å². The Morgan fingerprint density at radius 3 is 2.89 bits per heavy atom. The van der Waals surface area contributed by atoms with E-state index in [1.54, 1.807) is 0 Å². The summed E-state index contributed by atoms with van der Waals surface area (Å²) in [6, 6.07) is 0. The molecule has 1 heterocycles. The Morgan fingerprint density at radius 2 is 2.44 bits per heavy atom. The molecular formula is C3H6N2O3S. The number of nitrogens with zero attached hydrogens (tertiary/aromatic N) is 2. The number of aliphatic imine (C=N–C) groups is 1. The first-order valence-corrected chi connectivity index (χ1v) is 3.47. The fraction of sp³-hybridized carbons (Fsp3) is 0.667. The Bertz CT molecular complexity index is 179. The number of hydrogen-bond donors (Lipinski definition) is 1. The summed E-state index contributed by atoms with van der Waals surface area (Å²) in [5, 5.41) is 1.17. The van der Waals surface area contributed by atoms with Crippen LogP contribution >= 0.6 is 0 Å². The van der Waals surface area contributed by atoms with Crippen LogP contribution in [0.3, 0.4) is 0 Å². The predicted molar refractivity (Wildman–Crippen MR) is 31.5 cm³/mol. The highest BCUT2D eigenvalue weighted by Gasteiger charge is 2.05. The largest absolute Gasteiger partial charge is 0.278 e. The maximum absolute atomic E-state index is 9.87. The summed E-state index contributed by atoms with van der Waals surface area (Å²) in [5.41, 5.74) is 0. The van der Waals surface area contributed by atoms with Gasteiger partial charge in [0.2, 0.25) is 0 Å². The first-order chi connectivity index (χ1) is 4.29. The molecule has 0 atom stereocenters. The third-order valence-corrected chi connectivity index (χ3v) is 1.17. The van der Waals surface area contributed by atoms with Gasteiger partial charge < -0.3 is 0 Å². The van der Waals surface area contributed by atoms with Crippen LogP contribution in [0.4, 0.5) is 0 Å². The average Bonchev–Trinajstić information content (AvgIpc) is 2.15. The van der Waals surface area contributed by atoms with Crippen LogP contribution in [0.1, 0.15) is 0 Å². The molecule has 0 fully saturated rings. The molecule has 0 saturated heterocycles. The highest BCUT2D eigenvalue weighted by atomic mass is 32.2. The smallest absolute Gasteiger partial charge is 0.271 e. The lowest BCUT2D eigenvalue weighted by molar-refractivity contribution is 0.0526. The Hall–Kier alpha value is -0.620. The van der Waals surface area contributed by atoms with Crippen molar-refractivity contribution in [3.8, 4) is 0 Å². The molecule has 0 radical (unpaired) electrons. The molecule has 1 aliphatic heterocycles. The van der Waals surface area contributed by atoms with E-state index in [1.807, 2.05) is 0 Å². The van der Waals surface area contributed by atoms with Gasteiger partial charge in [-0.3, -0.25) is 4.99 Å². The highest BCUT2D eigenvalue weighted by Crippen LogP contribution is 1.92. The molecule has 0 amide bonds. The fourth-order valence-electron chi connectivity index (χ4n) is 0.510. The Kier molecular flexibility index (Phi) is 2.01. The third kappa shape index (κ3) is 1.98. The fourth-order valence-corrected chi connectivity index (χ4v) is 0.805. The Balaban J connectivity index is 2.36. The topological polar surface area (TPSA) is 59.0 Å².